The predicted octanol–water partition coefficient (Wildman–Crippen LogP) is 5.83. The zero-order valence-corrected chi connectivity index (χ0v) is 12.5. The third-order valence-electron chi connectivity index (χ3n) is 3.29. The van der Waals surface area contributed by atoms with Gasteiger partial charge < -0.3 is 4.79 Å². The average molecular weight is 252 g/mol. The van der Waals surface area contributed by atoms with E-state index in [0.717, 1.165) is 12.8 Å². The molecular weight excluding hydrogens is 220 g/mol. The zero-order chi connectivity index (χ0) is 13.5. The highest BCUT2D eigenvalue weighted by Crippen LogP contribution is 2.08. The standard InChI is InChI=1S/C17H32O/c1-3-4-5-6-7-8-9-10-11-12-13-14-15-16-17(2)18/h8-9H,3-7,10-16H2,1-2H3/b9-8-. The maximum Gasteiger partial charge on any atom is 0.129 e. The van der Waals surface area contributed by atoms with Crippen LogP contribution in [-0.4, -0.2) is 5.78 Å². The van der Waals surface area contributed by atoms with Gasteiger partial charge in [0.15, 0.2) is 0 Å². The Morgan fingerprint density at radius 3 is 1.83 bits per heavy atom. The molecule has 1 nitrogen and oxygen atoms in total. The molecule has 0 fully saturated rings. The summed E-state index contributed by atoms with van der Waals surface area (Å²) in [5, 5.41) is 0. The number of Topliss-reactive ketones (excluding diaryl/α,β-unsaturated/α-hetero) is 1. The van der Waals surface area contributed by atoms with Crippen LogP contribution in [-0.2, 0) is 4.79 Å². The molecule has 0 atom stereocenters. The van der Waals surface area contributed by atoms with Gasteiger partial charge in [0.2, 0.25) is 0 Å². The monoisotopic (exact) mass is 252 g/mol. The summed E-state index contributed by atoms with van der Waals surface area (Å²) in [6.07, 6.45) is 19.7. The molecule has 106 valence electrons. The predicted molar refractivity (Wildman–Crippen MR) is 80.9 cm³/mol. The Hall–Kier alpha value is -0.590. The van der Waals surface area contributed by atoms with Gasteiger partial charge in [0.1, 0.15) is 5.78 Å². The molecule has 0 aromatic heterocycles. The second kappa shape index (κ2) is 14.5. The topological polar surface area (TPSA) is 17.1 Å². The Morgan fingerprint density at radius 2 is 1.28 bits per heavy atom. The lowest BCUT2D eigenvalue weighted by molar-refractivity contribution is -0.117. The van der Waals surface area contributed by atoms with Gasteiger partial charge in [-0.15, -0.1) is 0 Å². The first kappa shape index (κ1) is 17.4. The number of carbonyl (C=O) groups is 1. The molecule has 0 saturated heterocycles. The third-order valence-corrected chi connectivity index (χ3v) is 3.29. The van der Waals surface area contributed by atoms with Crippen molar-refractivity contribution >= 4 is 5.78 Å². The summed E-state index contributed by atoms with van der Waals surface area (Å²) in [7, 11) is 0. The van der Waals surface area contributed by atoms with Crippen LogP contribution in [0.15, 0.2) is 12.2 Å². The fourth-order valence-corrected chi connectivity index (χ4v) is 2.09. The number of unbranched alkanes of at least 4 members (excludes halogenated alkanes) is 9. The van der Waals surface area contributed by atoms with Crippen molar-refractivity contribution in [1.82, 2.24) is 0 Å². The van der Waals surface area contributed by atoms with Crippen molar-refractivity contribution in [2.75, 3.05) is 0 Å². The minimum absolute atomic E-state index is 0.334. The zero-order valence-electron chi connectivity index (χ0n) is 12.5. The molecule has 0 aliphatic rings. The van der Waals surface area contributed by atoms with Crippen molar-refractivity contribution in [1.29, 1.82) is 0 Å². The van der Waals surface area contributed by atoms with Gasteiger partial charge in [-0.05, 0) is 39.0 Å². The highest BCUT2D eigenvalue weighted by Gasteiger charge is 1.93. The van der Waals surface area contributed by atoms with E-state index in [1.165, 1.54) is 64.2 Å². The lowest BCUT2D eigenvalue weighted by atomic mass is 10.1. The molecule has 0 rings (SSSR count). The highest BCUT2D eigenvalue weighted by molar-refractivity contribution is 5.75. The Labute approximate surface area is 114 Å². The van der Waals surface area contributed by atoms with Crippen LogP contribution in [0.1, 0.15) is 90.9 Å². The molecule has 0 aromatic carbocycles. The third kappa shape index (κ3) is 15.4. The van der Waals surface area contributed by atoms with Gasteiger partial charge in [-0.2, -0.15) is 0 Å². The quantitative estimate of drug-likeness (QED) is 0.297. The van der Waals surface area contributed by atoms with Crippen molar-refractivity contribution in [3.8, 4) is 0 Å². The first-order valence-corrected chi connectivity index (χ1v) is 7.91. The van der Waals surface area contributed by atoms with Crippen LogP contribution < -0.4 is 0 Å². The Kier molecular flexibility index (Phi) is 14.0. The molecule has 0 heterocycles. The Bertz CT molecular complexity index is 206. The molecular formula is C17H32O. The van der Waals surface area contributed by atoms with Crippen LogP contribution in [0.25, 0.3) is 0 Å². The number of allylic oxidation sites excluding steroid dienone is 2. The summed E-state index contributed by atoms with van der Waals surface area (Å²) in [4.78, 5) is 10.7. The highest BCUT2D eigenvalue weighted by atomic mass is 16.1. The van der Waals surface area contributed by atoms with E-state index >= 15 is 0 Å². The number of carbonyl (C=O) groups excluding carboxylic acids is 1. The van der Waals surface area contributed by atoms with Gasteiger partial charge in [0, 0.05) is 6.42 Å². The van der Waals surface area contributed by atoms with Crippen LogP contribution in [0, 0.1) is 0 Å². The maximum atomic E-state index is 10.7. The van der Waals surface area contributed by atoms with Crippen molar-refractivity contribution in [2.24, 2.45) is 0 Å². The first-order valence-electron chi connectivity index (χ1n) is 7.91. The van der Waals surface area contributed by atoms with Gasteiger partial charge >= 0.3 is 0 Å². The van der Waals surface area contributed by atoms with Crippen molar-refractivity contribution in [3.63, 3.8) is 0 Å². The van der Waals surface area contributed by atoms with E-state index in [2.05, 4.69) is 19.1 Å². The number of hydrogen-bond donors (Lipinski definition) is 0. The van der Waals surface area contributed by atoms with Crippen LogP contribution in [0.3, 0.4) is 0 Å². The lowest BCUT2D eigenvalue weighted by Crippen LogP contribution is -1.89. The fraction of sp³-hybridized carbons (Fsp3) is 0.824. The van der Waals surface area contributed by atoms with Crippen molar-refractivity contribution in [2.45, 2.75) is 90.9 Å². The number of rotatable bonds is 13. The molecule has 18 heavy (non-hydrogen) atoms. The van der Waals surface area contributed by atoms with Gasteiger partial charge in [-0.3, -0.25) is 0 Å². The second-order valence-electron chi connectivity index (χ2n) is 5.33. The van der Waals surface area contributed by atoms with Gasteiger partial charge in [-0.25, -0.2) is 0 Å². The molecule has 0 aliphatic carbocycles. The Balaban J connectivity index is 3.06. The van der Waals surface area contributed by atoms with Crippen molar-refractivity contribution in [3.05, 3.63) is 12.2 Å². The van der Waals surface area contributed by atoms with E-state index in [9.17, 15) is 4.79 Å². The normalized spacial score (nSPS) is 11.2. The van der Waals surface area contributed by atoms with E-state index in [-0.39, 0.29) is 0 Å². The molecule has 0 unspecified atom stereocenters. The molecule has 0 amide bonds. The molecule has 1 heteroatoms. The molecule has 0 aliphatic heterocycles. The van der Waals surface area contributed by atoms with Crippen LogP contribution in [0.4, 0.5) is 0 Å². The summed E-state index contributed by atoms with van der Waals surface area (Å²) >= 11 is 0. The molecule has 0 N–H and O–H groups in total. The number of ketones is 1. The van der Waals surface area contributed by atoms with Crippen LogP contribution in [0.2, 0.25) is 0 Å². The van der Waals surface area contributed by atoms with Crippen LogP contribution >= 0.6 is 0 Å². The minimum atomic E-state index is 0.334. The van der Waals surface area contributed by atoms with Crippen molar-refractivity contribution < 1.29 is 4.79 Å². The van der Waals surface area contributed by atoms with Crippen LogP contribution in [0.5, 0.6) is 0 Å². The summed E-state index contributed by atoms with van der Waals surface area (Å²) in [5.41, 5.74) is 0. The van der Waals surface area contributed by atoms with E-state index in [1.54, 1.807) is 6.92 Å². The van der Waals surface area contributed by atoms with E-state index in [1.807, 2.05) is 0 Å². The molecule has 0 bridgehead atoms. The lowest BCUT2D eigenvalue weighted by Gasteiger charge is -1.98. The molecule has 0 saturated carbocycles. The van der Waals surface area contributed by atoms with Gasteiger partial charge in [0.25, 0.3) is 0 Å². The molecule has 0 spiro atoms. The van der Waals surface area contributed by atoms with E-state index in [0.29, 0.717) is 5.78 Å². The minimum Gasteiger partial charge on any atom is -0.300 e. The maximum absolute atomic E-state index is 10.7. The Morgan fingerprint density at radius 1 is 0.778 bits per heavy atom. The molecule has 0 radical (unpaired) electrons. The SMILES string of the molecule is CCCCCC/C=C\CCCCCCCC(C)=O. The van der Waals surface area contributed by atoms with Gasteiger partial charge in [-0.1, -0.05) is 57.6 Å². The summed E-state index contributed by atoms with van der Waals surface area (Å²) < 4.78 is 0. The largest absolute Gasteiger partial charge is 0.300 e. The average Bonchev–Trinajstić information content (AvgIpc) is 2.34. The summed E-state index contributed by atoms with van der Waals surface area (Å²) in [6.45, 7) is 3.94. The number of hydrogen-bond acceptors (Lipinski definition) is 1. The smallest absolute Gasteiger partial charge is 0.129 e. The second-order valence-corrected chi connectivity index (χ2v) is 5.33. The summed E-state index contributed by atoms with van der Waals surface area (Å²) in [5.74, 6) is 0.334. The van der Waals surface area contributed by atoms with E-state index in [4.69, 9.17) is 0 Å². The molecule has 0 aromatic rings. The fourth-order valence-electron chi connectivity index (χ4n) is 2.09. The first-order chi connectivity index (χ1) is 8.77. The van der Waals surface area contributed by atoms with E-state index < -0.39 is 0 Å². The van der Waals surface area contributed by atoms with Gasteiger partial charge in [0.05, 0.1) is 0 Å². The summed E-state index contributed by atoms with van der Waals surface area (Å²) in [6, 6.07) is 0.